The largest absolute Gasteiger partial charge is 0.497 e. The van der Waals surface area contributed by atoms with Crippen molar-refractivity contribution in [2.75, 3.05) is 12.4 Å². The van der Waals surface area contributed by atoms with Crippen LogP contribution in [0.2, 0.25) is 0 Å². The van der Waals surface area contributed by atoms with E-state index < -0.39 is 11.6 Å². The molecule has 27 heavy (non-hydrogen) atoms. The lowest BCUT2D eigenvalue weighted by Crippen LogP contribution is -2.06. The van der Waals surface area contributed by atoms with E-state index in [1.807, 2.05) is 13.8 Å². The number of hydrogen-bond donors (Lipinski definition) is 1. The zero-order valence-electron chi connectivity index (χ0n) is 14.8. The zero-order valence-corrected chi connectivity index (χ0v) is 15.6. The van der Waals surface area contributed by atoms with Crippen LogP contribution in [0.25, 0.3) is 20.4 Å². The van der Waals surface area contributed by atoms with Crippen molar-refractivity contribution in [2.45, 2.75) is 20.4 Å². The number of aromatic nitrogens is 4. The van der Waals surface area contributed by atoms with E-state index in [0.717, 1.165) is 43.8 Å². The molecule has 0 aliphatic carbocycles. The number of fused-ring (bicyclic) bond motifs is 3. The second-order valence-electron chi connectivity index (χ2n) is 6.02. The Morgan fingerprint density at radius 1 is 1.11 bits per heavy atom. The highest BCUT2D eigenvalue weighted by atomic mass is 32.1. The molecule has 6 nitrogen and oxygen atoms in total. The molecule has 0 amide bonds. The van der Waals surface area contributed by atoms with Crippen LogP contribution >= 0.6 is 11.3 Å². The van der Waals surface area contributed by atoms with Crippen LogP contribution in [-0.4, -0.2) is 27.3 Å². The molecule has 1 aromatic carbocycles. The van der Waals surface area contributed by atoms with Crippen LogP contribution in [0.15, 0.2) is 18.5 Å². The molecule has 0 spiro atoms. The summed E-state index contributed by atoms with van der Waals surface area (Å²) in [6.45, 7) is 3.79. The van der Waals surface area contributed by atoms with E-state index >= 15 is 0 Å². The van der Waals surface area contributed by atoms with Crippen molar-refractivity contribution >= 4 is 37.6 Å². The van der Waals surface area contributed by atoms with E-state index in [1.54, 1.807) is 0 Å². The fourth-order valence-electron chi connectivity index (χ4n) is 2.85. The summed E-state index contributed by atoms with van der Waals surface area (Å²) in [7, 11) is 1.36. The summed E-state index contributed by atoms with van der Waals surface area (Å²) in [6.07, 6.45) is 1.42. The lowest BCUT2D eigenvalue weighted by Gasteiger charge is -2.10. The Morgan fingerprint density at radius 2 is 1.85 bits per heavy atom. The van der Waals surface area contributed by atoms with Gasteiger partial charge in [0, 0.05) is 29.6 Å². The molecule has 1 N–H and O–H groups in total. The number of rotatable bonds is 4. The van der Waals surface area contributed by atoms with E-state index in [9.17, 15) is 8.78 Å². The van der Waals surface area contributed by atoms with Crippen LogP contribution in [0.3, 0.4) is 0 Å². The van der Waals surface area contributed by atoms with E-state index in [-0.39, 0.29) is 17.9 Å². The van der Waals surface area contributed by atoms with E-state index in [1.165, 1.54) is 24.8 Å². The number of anilines is 1. The summed E-state index contributed by atoms with van der Waals surface area (Å²) < 4.78 is 34.0. The van der Waals surface area contributed by atoms with Crippen LogP contribution in [-0.2, 0) is 6.54 Å². The number of nitrogens with one attached hydrogen (secondary N) is 1. The van der Waals surface area contributed by atoms with Gasteiger partial charge >= 0.3 is 0 Å². The van der Waals surface area contributed by atoms with Gasteiger partial charge in [-0.25, -0.2) is 18.7 Å². The minimum atomic E-state index is -0.682. The van der Waals surface area contributed by atoms with Gasteiger partial charge in [-0.05, 0) is 19.4 Å². The molecule has 4 rings (SSSR count). The van der Waals surface area contributed by atoms with Crippen molar-refractivity contribution in [1.29, 1.82) is 0 Å². The highest BCUT2D eigenvalue weighted by molar-refractivity contribution is 7.25. The number of methoxy groups -OCH3 is 1. The van der Waals surface area contributed by atoms with Crippen molar-refractivity contribution in [2.24, 2.45) is 0 Å². The molecule has 3 aromatic heterocycles. The molecule has 0 aliphatic heterocycles. The zero-order chi connectivity index (χ0) is 19.1. The third-order valence-corrected chi connectivity index (χ3v) is 5.51. The molecule has 4 aromatic rings. The first-order valence-corrected chi connectivity index (χ1v) is 8.94. The average Bonchev–Trinajstić information content (AvgIpc) is 3.04. The normalized spacial score (nSPS) is 11.3. The average molecular weight is 387 g/mol. The molecule has 0 atom stereocenters. The number of benzene rings is 1. The van der Waals surface area contributed by atoms with Crippen LogP contribution < -0.4 is 10.1 Å². The maximum Gasteiger partial charge on any atom is 0.149 e. The summed E-state index contributed by atoms with van der Waals surface area (Å²) in [6, 6.07) is 2.30. The van der Waals surface area contributed by atoms with Crippen molar-refractivity contribution < 1.29 is 13.5 Å². The Hall–Kier alpha value is -2.94. The Balaban J connectivity index is 1.74. The second kappa shape index (κ2) is 6.66. The maximum absolute atomic E-state index is 14.2. The van der Waals surface area contributed by atoms with E-state index in [0.29, 0.717) is 5.82 Å². The molecule has 0 saturated carbocycles. The number of hydrogen-bond acceptors (Lipinski definition) is 7. The molecule has 0 aliphatic rings. The molecular weight excluding hydrogens is 372 g/mol. The Kier molecular flexibility index (Phi) is 4.31. The Bertz CT molecular complexity index is 1150. The van der Waals surface area contributed by atoms with Gasteiger partial charge in [-0.3, -0.25) is 0 Å². The molecule has 3 heterocycles. The summed E-state index contributed by atoms with van der Waals surface area (Å²) >= 11 is 1.39. The molecule has 9 heteroatoms. The van der Waals surface area contributed by atoms with Crippen molar-refractivity contribution in [1.82, 2.24) is 20.2 Å². The third kappa shape index (κ3) is 2.93. The topological polar surface area (TPSA) is 72.8 Å². The van der Waals surface area contributed by atoms with E-state index in [4.69, 9.17) is 4.74 Å². The Morgan fingerprint density at radius 3 is 2.56 bits per heavy atom. The number of thiophene rings is 1. The van der Waals surface area contributed by atoms with Crippen molar-refractivity contribution in [3.63, 3.8) is 0 Å². The smallest absolute Gasteiger partial charge is 0.149 e. The molecular formula is C18H15F2N5OS. The minimum absolute atomic E-state index is 0.0638. The molecule has 0 bridgehead atoms. The van der Waals surface area contributed by atoms with Crippen LogP contribution in [0.1, 0.15) is 16.8 Å². The molecule has 0 unspecified atom stereocenters. The summed E-state index contributed by atoms with van der Waals surface area (Å²) in [5.74, 6) is -0.738. The number of halogens is 2. The number of ether oxygens (including phenoxy) is 1. The highest BCUT2D eigenvalue weighted by Gasteiger charge is 2.17. The summed E-state index contributed by atoms with van der Waals surface area (Å²) in [4.78, 5) is 9.35. The van der Waals surface area contributed by atoms with Gasteiger partial charge in [0.1, 0.15) is 34.4 Å². The van der Waals surface area contributed by atoms with Gasteiger partial charge < -0.3 is 10.1 Å². The van der Waals surface area contributed by atoms with Crippen molar-refractivity contribution in [3.8, 4) is 5.75 Å². The number of aryl methyl sites for hydroxylation is 2. The Labute approximate surface area is 157 Å². The van der Waals surface area contributed by atoms with Crippen molar-refractivity contribution in [3.05, 3.63) is 46.9 Å². The molecule has 0 fully saturated rings. The second-order valence-corrected chi connectivity index (χ2v) is 7.01. The molecule has 0 radical (unpaired) electrons. The lowest BCUT2D eigenvalue weighted by atomic mass is 10.1. The number of nitrogens with zero attached hydrogens (tertiary/aromatic N) is 4. The summed E-state index contributed by atoms with van der Waals surface area (Å²) in [5, 5.41) is 12.3. The quantitative estimate of drug-likeness (QED) is 0.567. The first kappa shape index (κ1) is 17.5. The van der Waals surface area contributed by atoms with Gasteiger partial charge in [-0.1, -0.05) is 0 Å². The van der Waals surface area contributed by atoms with Gasteiger partial charge in [0.2, 0.25) is 0 Å². The highest BCUT2D eigenvalue weighted by Crippen LogP contribution is 2.36. The van der Waals surface area contributed by atoms with Gasteiger partial charge in [0.05, 0.1) is 23.0 Å². The monoisotopic (exact) mass is 387 g/mol. The van der Waals surface area contributed by atoms with Crippen LogP contribution in [0, 0.1) is 25.5 Å². The minimum Gasteiger partial charge on any atom is -0.497 e. The standard InChI is InChI=1S/C18H15F2N5OS/c1-8-9(2)24-25-18-14(8)15-16(27-18)17(23-7-22-15)21-6-11-12(19)4-10(26-3)5-13(11)20/h4-5,7H,6H2,1-3H3,(H,21,22,23). The predicted molar refractivity (Wildman–Crippen MR) is 100 cm³/mol. The van der Waals surface area contributed by atoms with E-state index in [2.05, 4.69) is 25.5 Å². The third-order valence-electron chi connectivity index (χ3n) is 4.44. The molecule has 0 saturated heterocycles. The SMILES string of the molecule is COc1cc(F)c(CNc2ncnc3c2sc2nnc(C)c(C)c23)c(F)c1. The van der Waals surface area contributed by atoms with Crippen LogP contribution in [0.4, 0.5) is 14.6 Å². The first-order chi connectivity index (χ1) is 13.0. The lowest BCUT2D eigenvalue weighted by molar-refractivity contribution is 0.405. The first-order valence-electron chi connectivity index (χ1n) is 8.12. The van der Waals surface area contributed by atoms with Gasteiger partial charge in [0.25, 0.3) is 0 Å². The van der Waals surface area contributed by atoms with Crippen LogP contribution in [0.5, 0.6) is 5.75 Å². The van der Waals surface area contributed by atoms with Gasteiger partial charge in [-0.15, -0.1) is 16.4 Å². The molecule has 138 valence electrons. The fraction of sp³-hybridized carbons (Fsp3) is 0.222. The fourth-order valence-corrected chi connectivity index (χ4v) is 3.95. The van der Waals surface area contributed by atoms with Gasteiger partial charge in [-0.2, -0.15) is 5.10 Å². The van der Waals surface area contributed by atoms with Gasteiger partial charge in [0.15, 0.2) is 0 Å². The maximum atomic E-state index is 14.2. The predicted octanol–water partition coefficient (Wildman–Crippen LogP) is 4.15. The summed E-state index contributed by atoms with van der Waals surface area (Å²) in [5.41, 5.74) is 2.50.